The van der Waals surface area contributed by atoms with Crippen molar-refractivity contribution < 1.29 is 64.6 Å². The summed E-state index contributed by atoms with van der Waals surface area (Å²) in [6.45, 7) is 2.64. The Morgan fingerprint density at radius 3 is 1.17 bits per heavy atom. The molecule has 1 amide bonds. The molecule has 12 atom stereocenters. The lowest BCUT2D eigenvalue weighted by atomic mass is 9.97. The molecule has 0 aromatic rings. The molecule has 14 heteroatoms. The van der Waals surface area contributed by atoms with E-state index < -0.39 is 86.8 Å². The van der Waals surface area contributed by atoms with E-state index in [1.54, 1.807) is 6.08 Å². The Kier molecular flexibility index (Phi) is 56.3. The first-order chi connectivity index (χ1) is 46.1. The highest BCUT2D eigenvalue weighted by molar-refractivity contribution is 5.76. The topological polar surface area (TPSA) is 228 Å². The molecule has 0 bridgehead atoms. The second kappa shape index (κ2) is 61.9. The normalized spacial score (nSPS) is 23.5. The third-order valence-electron chi connectivity index (χ3n) is 16.4. The smallest absolute Gasteiger partial charge is 0.220 e. The Balaban J connectivity index is 1.67. The van der Waals surface area contributed by atoms with Crippen LogP contribution in [0.1, 0.15) is 232 Å². The van der Waals surface area contributed by atoms with Crippen molar-refractivity contribution in [2.75, 3.05) is 19.8 Å². The van der Waals surface area contributed by atoms with E-state index in [0.29, 0.717) is 12.8 Å². The van der Waals surface area contributed by atoms with Gasteiger partial charge in [-0.1, -0.05) is 274 Å². The third-order valence-corrected chi connectivity index (χ3v) is 16.4. The van der Waals surface area contributed by atoms with Crippen molar-refractivity contribution in [1.82, 2.24) is 5.32 Å². The zero-order chi connectivity index (χ0) is 68.0. The van der Waals surface area contributed by atoms with E-state index in [0.717, 1.165) is 116 Å². The van der Waals surface area contributed by atoms with E-state index in [4.69, 9.17) is 18.9 Å². The van der Waals surface area contributed by atoms with Gasteiger partial charge in [0.25, 0.3) is 0 Å². The number of aliphatic hydroxyl groups is 8. The molecule has 12 unspecified atom stereocenters. The summed E-state index contributed by atoms with van der Waals surface area (Å²) in [4.78, 5) is 13.3. The number of carbonyl (C=O) groups excluding carboxylic acids is 1. The van der Waals surface area contributed by atoms with Crippen LogP contribution in [0, 0.1) is 0 Å². The number of hydrogen-bond acceptors (Lipinski definition) is 13. The average molecular weight is 1310 g/mol. The van der Waals surface area contributed by atoms with Crippen LogP contribution in [0.2, 0.25) is 0 Å². The van der Waals surface area contributed by atoms with Crippen molar-refractivity contribution in [2.45, 2.75) is 306 Å². The highest BCUT2D eigenvalue weighted by Gasteiger charge is 2.51. The minimum absolute atomic E-state index is 0.232. The molecule has 2 saturated heterocycles. The minimum Gasteiger partial charge on any atom is -0.394 e. The van der Waals surface area contributed by atoms with Crippen molar-refractivity contribution in [2.24, 2.45) is 0 Å². The largest absolute Gasteiger partial charge is 0.394 e. The second-order valence-corrected chi connectivity index (χ2v) is 24.6. The van der Waals surface area contributed by atoms with E-state index in [1.807, 2.05) is 6.08 Å². The number of rotatable bonds is 57. The molecular weight excluding hydrogens is 1180 g/mol. The molecule has 9 N–H and O–H groups in total. The molecule has 0 aliphatic carbocycles. The fourth-order valence-electron chi connectivity index (χ4n) is 10.6. The molecule has 2 aliphatic heterocycles. The predicted octanol–water partition coefficient (Wildman–Crippen LogP) is 15.6. The standard InChI is InChI=1S/C80H129NO13/c1-3-5-7-9-11-13-15-17-19-21-23-24-25-26-27-28-29-30-31-32-33-34-35-36-37-38-39-40-41-42-43-44-46-48-50-52-54-56-58-60-62-64-72(85)81-68(69(84)63-61-59-57-55-53-51-49-47-45-22-20-18-16-14-12-10-8-6-4-2)67-91-79-77(90)75(88)78(71(66-83)93-79)94-80-76(89)74(87)73(86)70(65-82)92-80/h5,7,11,13,17,19,23-24,26-27,29-30,32-33,35-36,38-39,41-42,44,46,50,52-53,55,61,63,68-71,73-80,82-84,86-90H,3-4,6,8-10,12,14-16,18,20-22,25,28,31,34,37,40,43,45,47-49,51,54,56-60,62,64-67H2,1-2H3,(H,81,85)/b7-5-,13-11-,19-17-,24-23-,27-26-,30-29-,33-32-,36-35-,39-38-,42-41-,46-44-,52-50-,55-53+,63-61+. The van der Waals surface area contributed by atoms with Crippen LogP contribution >= 0.6 is 0 Å². The number of amides is 1. The van der Waals surface area contributed by atoms with Gasteiger partial charge in [0, 0.05) is 6.42 Å². The fourth-order valence-corrected chi connectivity index (χ4v) is 10.6. The van der Waals surface area contributed by atoms with Crippen LogP contribution in [-0.4, -0.2) is 140 Å². The highest BCUT2D eigenvalue weighted by atomic mass is 16.7. The molecule has 0 spiro atoms. The Labute approximate surface area is 568 Å². The number of allylic oxidation sites excluding steroid dienone is 27. The van der Waals surface area contributed by atoms with Gasteiger partial charge in [-0.15, -0.1) is 0 Å². The summed E-state index contributed by atoms with van der Waals surface area (Å²) in [6, 6.07) is -0.959. The molecule has 0 radical (unpaired) electrons. The molecule has 0 aromatic carbocycles. The van der Waals surface area contributed by atoms with Crippen molar-refractivity contribution in [3.05, 3.63) is 170 Å². The van der Waals surface area contributed by atoms with E-state index >= 15 is 0 Å². The number of unbranched alkanes of at least 4 members (excludes halogenated alkanes) is 18. The van der Waals surface area contributed by atoms with Gasteiger partial charge in [-0.05, 0) is 122 Å². The maximum atomic E-state index is 13.3. The van der Waals surface area contributed by atoms with E-state index in [1.165, 1.54) is 83.5 Å². The molecule has 14 nitrogen and oxygen atoms in total. The Morgan fingerprint density at radius 1 is 0.394 bits per heavy atom. The van der Waals surface area contributed by atoms with E-state index in [-0.39, 0.29) is 18.9 Å². The van der Waals surface area contributed by atoms with Gasteiger partial charge in [0.2, 0.25) is 5.91 Å². The molecule has 2 fully saturated rings. The monoisotopic (exact) mass is 1310 g/mol. The first-order valence-electron chi connectivity index (χ1n) is 36.4. The zero-order valence-corrected chi connectivity index (χ0v) is 57.9. The summed E-state index contributed by atoms with van der Waals surface area (Å²) in [5, 5.41) is 87.4. The molecule has 2 heterocycles. The van der Waals surface area contributed by atoms with Crippen molar-refractivity contribution in [1.29, 1.82) is 0 Å². The van der Waals surface area contributed by atoms with Gasteiger partial charge in [0.1, 0.15) is 48.8 Å². The first kappa shape index (κ1) is 85.4. The van der Waals surface area contributed by atoms with Gasteiger partial charge in [0.15, 0.2) is 12.6 Å². The van der Waals surface area contributed by atoms with E-state index in [2.05, 4.69) is 177 Å². The SMILES string of the molecule is CC/C=C\C/C=C\C/C=C\C/C=C\C/C=C\C/C=C\C/C=C\C/C=C\C/C=C\C/C=C\C/C=C\C/C=C\CCCCCCC(=O)NC(COC1OC(CO)C(OC2OC(CO)C(O)C(O)C2O)C(O)C1O)C(O)/C=C/CC/C=C/CCCCCCCCCCCCCCC. The molecule has 0 saturated carbocycles. The lowest BCUT2D eigenvalue weighted by Crippen LogP contribution is -2.65. The van der Waals surface area contributed by atoms with Gasteiger partial charge in [-0.2, -0.15) is 0 Å². The summed E-state index contributed by atoms with van der Waals surface area (Å²) in [5.74, 6) is -0.280. The van der Waals surface area contributed by atoms with Crippen molar-refractivity contribution in [3.8, 4) is 0 Å². The lowest BCUT2D eigenvalue weighted by molar-refractivity contribution is -0.359. The number of ether oxygens (including phenoxy) is 4. The van der Waals surface area contributed by atoms with Crippen LogP contribution in [0.3, 0.4) is 0 Å². The molecular formula is C80H129NO13. The molecule has 2 rings (SSSR count). The van der Waals surface area contributed by atoms with Gasteiger partial charge in [0.05, 0.1) is 32.0 Å². The van der Waals surface area contributed by atoms with Crippen LogP contribution < -0.4 is 5.32 Å². The average Bonchev–Trinajstić information content (AvgIpc) is 0.794. The van der Waals surface area contributed by atoms with Gasteiger partial charge < -0.3 is 65.1 Å². The number of aliphatic hydroxyl groups excluding tert-OH is 8. The Bertz CT molecular complexity index is 2240. The van der Waals surface area contributed by atoms with Crippen LogP contribution in [-0.2, 0) is 23.7 Å². The summed E-state index contributed by atoms with van der Waals surface area (Å²) in [6.07, 6.45) is 79.8. The van der Waals surface area contributed by atoms with Crippen LogP contribution in [0.15, 0.2) is 170 Å². The van der Waals surface area contributed by atoms with Gasteiger partial charge >= 0.3 is 0 Å². The minimum atomic E-state index is -1.80. The number of carbonyl (C=O) groups is 1. The molecule has 0 aromatic heterocycles. The van der Waals surface area contributed by atoms with Gasteiger partial charge in [-0.3, -0.25) is 4.79 Å². The lowest BCUT2D eigenvalue weighted by Gasteiger charge is -2.46. The number of hydrogen-bond donors (Lipinski definition) is 9. The molecule has 94 heavy (non-hydrogen) atoms. The summed E-state index contributed by atoms with van der Waals surface area (Å²) in [5.41, 5.74) is 0. The first-order valence-corrected chi connectivity index (χ1v) is 36.4. The maximum Gasteiger partial charge on any atom is 0.220 e. The zero-order valence-electron chi connectivity index (χ0n) is 57.9. The predicted molar refractivity (Wildman–Crippen MR) is 387 cm³/mol. The van der Waals surface area contributed by atoms with Crippen molar-refractivity contribution >= 4 is 5.91 Å². The fraction of sp³-hybridized carbons (Fsp3) is 0.637. The molecule has 532 valence electrons. The summed E-state index contributed by atoms with van der Waals surface area (Å²) in [7, 11) is 0. The maximum absolute atomic E-state index is 13.3. The summed E-state index contributed by atoms with van der Waals surface area (Å²) < 4.78 is 22.8. The number of nitrogens with one attached hydrogen (secondary N) is 1. The quantitative estimate of drug-likeness (QED) is 0.0204. The van der Waals surface area contributed by atoms with Crippen molar-refractivity contribution in [3.63, 3.8) is 0 Å². The van der Waals surface area contributed by atoms with Crippen LogP contribution in [0.25, 0.3) is 0 Å². The highest BCUT2D eigenvalue weighted by Crippen LogP contribution is 2.30. The third kappa shape index (κ3) is 45.0. The van der Waals surface area contributed by atoms with E-state index in [9.17, 15) is 45.6 Å². The van der Waals surface area contributed by atoms with Gasteiger partial charge in [-0.25, -0.2) is 0 Å². The van der Waals surface area contributed by atoms with Crippen LogP contribution in [0.4, 0.5) is 0 Å². The Hall–Kier alpha value is -4.65. The summed E-state index contributed by atoms with van der Waals surface area (Å²) >= 11 is 0. The van der Waals surface area contributed by atoms with Crippen LogP contribution in [0.5, 0.6) is 0 Å². The Morgan fingerprint density at radius 2 is 0.745 bits per heavy atom. The second-order valence-electron chi connectivity index (χ2n) is 24.6. The molecule has 2 aliphatic rings.